The van der Waals surface area contributed by atoms with E-state index in [0.717, 1.165) is 43.1 Å². The number of carbonyl (C=O) groups excluding carboxylic acids is 1. The molecule has 0 saturated carbocycles. The SMILES string of the molecule is CC(C)C(CNC(=O)Nc1cccc(C#Cc2ccccc2)c1)N1CCOCC1. The molecule has 0 bridgehead atoms. The van der Waals surface area contributed by atoms with Crippen molar-refractivity contribution in [1.82, 2.24) is 10.2 Å². The molecule has 1 unspecified atom stereocenters. The van der Waals surface area contributed by atoms with E-state index in [9.17, 15) is 4.79 Å². The summed E-state index contributed by atoms with van der Waals surface area (Å²) in [6.45, 7) is 8.32. The van der Waals surface area contributed by atoms with Gasteiger partial charge >= 0.3 is 6.03 Å². The van der Waals surface area contributed by atoms with E-state index >= 15 is 0 Å². The lowest BCUT2D eigenvalue weighted by atomic mass is 10.0. The second kappa shape index (κ2) is 10.7. The van der Waals surface area contributed by atoms with Gasteiger partial charge in [0.15, 0.2) is 0 Å². The lowest BCUT2D eigenvalue weighted by molar-refractivity contribution is 0.00728. The number of urea groups is 1. The molecule has 29 heavy (non-hydrogen) atoms. The second-order valence-electron chi connectivity index (χ2n) is 7.49. The summed E-state index contributed by atoms with van der Waals surface area (Å²) in [5, 5.41) is 5.94. The van der Waals surface area contributed by atoms with Crippen LogP contribution in [0.1, 0.15) is 25.0 Å². The molecule has 1 heterocycles. The van der Waals surface area contributed by atoms with E-state index in [0.29, 0.717) is 18.5 Å². The summed E-state index contributed by atoms with van der Waals surface area (Å²) in [6.07, 6.45) is 0. The molecule has 5 heteroatoms. The van der Waals surface area contributed by atoms with Crippen LogP contribution in [0.15, 0.2) is 54.6 Å². The molecular formula is C24H29N3O2. The first-order valence-corrected chi connectivity index (χ1v) is 10.2. The van der Waals surface area contributed by atoms with Crippen molar-refractivity contribution in [3.63, 3.8) is 0 Å². The third-order valence-corrected chi connectivity index (χ3v) is 5.00. The molecule has 0 radical (unpaired) electrons. The van der Waals surface area contributed by atoms with Crippen LogP contribution in [-0.4, -0.2) is 49.8 Å². The molecule has 1 fully saturated rings. The van der Waals surface area contributed by atoms with E-state index in [4.69, 9.17) is 4.74 Å². The maximum Gasteiger partial charge on any atom is 0.319 e. The van der Waals surface area contributed by atoms with E-state index in [1.165, 1.54) is 0 Å². The Morgan fingerprint density at radius 3 is 2.45 bits per heavy atom. The summed E-state index contributed by atoms with van der Waals surface area (Å²) in [4.78, 5) is 14.8. The first kappa shape index (κ1) is 20.9. The Balaban J connectivity index is 1.55. The van der Waals surface area contributed by atoms with Crippen LogP contribution in [0.5, 0.6) is 0 Å². The van der Waals surface area contributed by atoms with Crippen molar-refractivity contribution < 1.29 is 9.53 Å². The fourth-order valence-corrected chi connectivity index (χ4v) is 3.41. The van der Waals surface area contributed by atoms with Crippen molar-refractivity contribution in [1.29, 1.82) is 0 Å². The number of nitrogens with one attached hydrogen (secondary N) is 2. The van der Waals surface area contributed by atoms with E-state index in [-0.39, 0.29) is 6.03 Å². The average Bonchev–Trinajstić information content (AvgIpc) is 2.74. The number of rotatable bonds is 5. The van der Waals surface area contributed by atoms with Crippen LogP contribution in [0.25, 0.3) is 0 Å². The Morgan fingerprint density at radius 1 is 1.03 bits per heavy atom. The maximum atomic E-state index is 12.4. The van der Waals surface area contributed by atoms with Gasteiger partial charge in [-0.2, -0.15) is 0 Å². The number of amides is 2. The number of benzene rings is 2. The van der Waals surface area contributed by atoms with Crippen LogP contribution in [0.2, 0.25) is 0 Å². The van der Waals surface area contributed by atoms with Gasteiger partial charge in [-0.05, 0) is 36.2 Å². The Morgan fingerprint density at radius 2 is 1.72 bits per heavy atom. The van der Waals surface area contributed by atoms with Gasteiger partial charge in [0.05, 0.1) is 13.2 Å². The Kier molecular flexibility index (Phi) is 7.69. The molecule has 1 aliphatic rings. The zero-order chi connectivity index (χ0) is 20.5. The highest BCUT2D eigenvalue weighted by Gasteiger charge is 2.24. The van der Waals surface area contributed by atoms with Crippen LogP contribution in [0, 0.1) is 17.8 Å². The number of hydrogen-bond acceptors (Lipinski definition) is 3. The molecule has 3 rings (SSSR count). The summed E-state index contributed by atoms with van der Waals surface area (Å²) in [5.41, 5.74) is 2.56. The second-order valence-corrected chi connectivity index (χ2v) is 7.49. The largest absolute Gasteiger partial charge is 0.379 e. The van der Waals surface area contributed by atoms with Crippen molar-refractivity contribution in [3.8, 4) is 11.8 Å². The van der Waals surface area contributed by atoms with Gasteiger partial charge in [-0.25, -0.2) is 4.79 Å². The Bertz CT molecular complexity index is 849. The molecular weight excluding hydrogens is 362 g/mol. The molecule has 1 saturated heterocycles. The third kappa shape index (κ3) is 6.63. The van der Waals surface area contributed by atoms with Gasteiger partial charge in [-0.3, -0.25) is 4.90 Å². The molecule has 1 atom stereocenters. The van der Waals surface area contributed by atoms with Crippen molar-refractivity contribution in [2.75, 3.05) is 38.2 Å². The lowest BCUT2D eigenvalue weighted by Crippen LogP contribution is -2.51. The molecule has 0 aromatic heterocycles. The van der Waals surface area contributed by atoms with Crippen LogP contribution in [0.4, 0.5) is 10.5 Å². The smallest absolute Gasteiger partial charge is 0.319 e. The molecule has 2 N–H and O–H groups in total. The maximum absolute atomic E-state index is 12.4. The minimum absolute atomic E-state index is 0.197. The highest BCUT2D eigenvalue weighted by atomic mass is 16.5. The average molecular weight is 392 g/mol. The van der Waals surface area contributed by atoms with Crippen molar-refractivity contribution in [3.05, 3.63) is 65.7 Å². The van der Waals surface area contributed by atoms with Crippen molar-refractivity contribution >= 4 is 11.7 Å². The fourth-order valence-electron chi connectivity index (χ4n) is 3.41. The van der Waals surface area contributed by atoms with Crippen molar-refractivity contribution in [2.24, 2.45) is 5.92 Å². The minimum atomic E-state index is -0.197. The first-order valence-electron chi connectivity index (χ1n) is 10.2. The molecule has 1 aliphatic heterocycles. The van der Waals surface area contributed by atoms with Gasteiger partial charge in [-0.15, -0.1) is 0 Å². The predicted octanol–water partition coefficient (Wildman–Crippen LogP) is 3.56. The van der Waals surface area contributed by atoms with Crippen LogP contribution in [0.3, 0.4) is 0 Å². The van der Waals surface area contributed by atoms with Gasteiger partial charge in [0.1, 0.15) is 0 Å². The summed E-state index contributed by atoms with van der Waals surface area (Å²) in [6, 6.07) is 17.5. The zero-order valence-electron chi connectivity index (χ0n) is 17.2. The first-order chi connectivity index (χ1) is 14.1. The standard InChI is InChI=1S/C24H29N3O2/c1-19(2)23(27-13-15-29-16-14-27)18-25-24(28)26-22-10-6-9-21(17-22)12-11-20-7-4-3-5-8-20/h3-10,17,19,23H,13-16,18H2,1-2H3,(H2,25,26,28). The van der Waals surface area contributed by atoms with E-state index in [2.05, 4.69) is 41.2 Å². The highest BCUT2D eigenvalue weighted by molar-refractivity contribution is 5.89. The van der Waals surface area contributed by atoms with Gasteiger partial charge in [0, 0.05) is 42.5 Å². The summed E-state index contributed by atoms with van der Waals surface area (Å²) in [7, 11) is 0. The topological polar surface area (TPSA) is 53.6 Å². The number of nitrogens with zero attached hydrogens (tertiary/aromatic N) is 1. The predicted molar refractivity (Wildman–Crippen MR) is 117 cm³/mol. The molecule has 0 spiro atoms. The van der Waals surface area contributed by atoms with E-state index in [1.807, 2.05) is 54.6 Å². The minimum Gasteiger partial charge on any atom is -0.379 e. The van der Waals surface area contributed by atoms with Crippen LogP contribution < -0.4 is 10.6 Å². The third-order valence-electron chi connectivity index (χ3n) is 5.00. The van der Waals surface area contributed by atoms with Crippen LogP contribution >= 0.6 is 0 Å². The number of anilines is 1. The van der Waals surface area contributed by atoms with E-state index < -0.39 is 0 Å². The van der Waals surface area contributed by atoms with Gasteiger partial charge in [-0.1, -0.05) is 50.0 Å². The lowest BCUT2D eigenvalue weighted by Gasteiger charge is -2.36. The van der Waals surface area contributed by atoms with Crippen molar-refractivity contribution in [2.45, 2.75) is 19.9 Å². The molecule has 2 aromatic rings. The molecule has 0 aliphatic carbocycles. The summed E-state index contributed by atoms with van der Waals surface area (Å²) in [5.74, 6) is 6.73. The monoisotopic (exact) mass is 391 g/mol. The Labute approximate surface area is 173 Å². The number of hydrogen-bond donors (Lipinski definition) is 2. The quantitative estimate of drug-likeness (QED) is 0.767. The van der Waals surface area contributed by atoms with Gasteiger partial charge < -0.3 is 15.4 Å². The summed E-state index contributed by atoms with van der Waals surface area (Å²) >= 11 is 0. The van der Waals surface area contributed by atoms with Crippen LogP contribution in [-0.2, 0) is 4.74 Å². The highest BCUT2D eigenvalue weighted by Crippen LogP contribution is 2.13. The number of ether oxygens (including phenoxy) is 1. The fraction of sp³-hybridized carbons (Fsp3) is 0.375. The molecule has 152 valence electrons. The van der Waals surface area contributed by atoms with Gasteiger partial charge in [0.2, 0.25) is 0 Å². The zero-order valence-corrected chi connectivity index (χ0v) is 17.2. The summed E-state index contributed by atoms with van der Waals surface area (Å²) < 4.78 is 5.44. The molecule has 5 nitrogen and oxygen atoms in total. The Hall–Kier alpha value is -2.81. The van der Waals surface area contributed by atoms with E-state index in [1.54, 1.807) is 0 Å². The van der Waals surface area contributed by atoms with Gasteiger partial charge in [0.25, 0.3) is 0 Å². The number of morpholine rings is 1. The molecule has 2 amide bonds. The molecule has 2 aromatic carbocycles. The normalized spacial score (nSPS) is 15.3. The number of carbonyl (C=O) groups is 1.